The molecule has 1 aliphatic carbocycles. The summed E-state index contributed by atoms with van der Waals surface area (Å²) in [5.41, 5.74) is 3.90. The van der Waals surface area contributed by atoms with Gasteiger partial charge in [-0.2, -0.15) is 0 Å². The van der Waals surface area contributed by atoms with Gasteiger partial charge in [-0.25, -0.2) is 19.1 Å². The summed E-state index contributed by atoms with van der Waals surface area (Å²) in [7, 11) is 0. The van der Waals surface area contributed by atoms with Crippen molar-refractivity contribution in [3.63, 3.8) is 0 Å². The van der Waals surface area contributed by atoms with E-state index >= 15 is 0 Å². The van der Waals surface area contributed by atoms with Gasteiger partial charge < -0.3 is 0 Å². The van der Waals surface area contributed by atoms with Crippen molar-refractivity contribution in [3.8, 4) is 0 Å². The molecule has 1 fully saturated rings. The van der Waals surface area contributed by atoms with Gasteiger partial charge >= 0.3 is 0 Å². The lowest BCUT2D eigenvalue weighted by Crippen LogP contribution is -2.37. The van der Waals surface area contributed by atoms with Crippen LogP contribution in [0.25, 0.3) is 0 Å². The molecular formula is C24H22Cl2FN3O. The summed E-state index contributed by atoms with van der Waals surface area (Å²) >= 11 is 13.2. The Morgan fingerprint density at radius 1 is 1.03 bits per heavy atom. The van der Waals surface area contributed by atoms with E-state index in [4.69, 9.17) is 23.2 Å². The van der Waals surface area contributed by atoms with E-state index in [0.29, 0.717) is 23.0 Å². The number of halogens is 3. The molecule has 2 heterocycles. The third-order valence-electron chi connectivity index (χ3n) is 6.41. The zero-order valence-corrected chi connectivity index (χ0v) is 18.4. The second-order valence-corrected chi connectivity index (χ2v) is 9.11. The summed E-state index contributed by atoms with van der Waals surface area (Å²) in [4.78, 5) is 17.7. The predicted molar refractivity (Wildman–Crippen MR) is 120 cm³/mol. The summed E-state index contributed by atoms with van der Waals surface area (Å²) < 4.78 is 15.6. The minimum Gasteiger partial charge on any atom is -0.273 e. The zero-order valence-electron chi connectivity index (χ0n) is 16.9. The first-order chi connectivity index (χ1) is 15.0. The molecule has 3 aromatic rings. The van der Waals surface area contributed by atoms with E-state index in [2.05, 4.69) is 4.98 Å². The van der Waals surface area contributed by atoms with Crippen molar-refractivity contribution in [3.05, 3.63) is 87.2 Å². The number of carbonyl (C=O) groups is 1. The maximum absolute atomic E-state index is 13.6. The average Bonchev–Trinajstić information content (AvgIpc) is 3.35. The van der Waals surface area contributed by atoms with Crippen LogP contribution < -0.4 is 5.01 Å². The van der Waals surface area contributed by atoms with Gasteiger partial charge in [0.05, 0.1) is 11.4 Å². The van der Waals surface area contributed by atoms with Crippen LogP contribution in [0.3, 0.4) is 0 Å². The molecule has 2 aliphatic rings. The van der Waals surface area contributed by atoms with Crippen LogP contribution in [0.2, 0.25) is 10.0 Å². The number of hydrogen-bond acceptors (Lipinski definition) is 2. The van der Waals surface area contributed by atoms with Gasteiger partial charge in [-0.15, -0.1) is 0 Å². The van der Waals surface area contributed by atoms with Crippen molar-refractivity contribution < 1.29 is 9.18 Å². The summed E-state index contributed by atoms with van der Waals surface area (Å²) in [6, 6.07) is 11.8. The van der Waals surface area contributed by atoms with Crippen LogP contribution in [0.4, 0.5) is 4.39 Å². The van der Waals surface area contributed by atoms with Gasteiger partial charge in [-0.05, 0) is 67.0 Å². The van der Waals surface area contributed by atoms with Crippen LogP contribution in [0.5, 0.6) is 0 Å². The molecule has 7 heteroatoms. The Balaban J connectivity index is 1.54. The van der Waals surface area contributed by atoms with Crippen molar-refractivity contribution in [2.75, 3.05) is 11.6 Å². The van der Waals surface area contributed by atoms with Crippen LogP contribution >= 0.6 is 23.2 Å². The maximum Gasteiger partial charge on any atom is 0.241 e. The first-order valence-corrected chi connectivity index (χ1v) is 11.3. The molecule has 31 heavy (non-hydrogen) atoms. The zero-order chi connectivity index (χ0) is 21.5. The maximum atomic E-state index is 13.6. The normalized spacial score (nSPS) is 19.5. The van der Waals surface area contributed by atoms with Crippen LogP contribution in [-0.2, 0) is 17.6 Å². The number of imidazole rings is 1. The van der Waals surface area contributed by atoms with Gasteiger partial charge in [-0.3, -0.25) is 4.79 Å². The SMILES string of the molecule is O=C1CC(C(c2ccc(F)cc2)c2c(Cl)cccc2Cl)CN1n1cnc2c1CCCC2. The van der Waals surface area contributed by atoms with E-state index in [9.17, 15) is 9.18 Å². The van der Waals surface area contributed by atoms with Gasteiger partial charge in [0.1, 0.15) is 12.1 Å². The van der Waals surface area contributed by atoms with Gasteiger partial charge in [0.25, 0.3) is 0 Å². The molecule has 160 valence electrons. The number of aromatic nitrogens is 2. The molecule has 2 aromatic carbocycles. The van der Waals surface area contributed by atoms with Gasteiger partial charge in [-0.1, -0.05) is 41.4 Å². The molecule has 5 rings (SSSR count). The molecule has 2 atom stereocenters. The quantitative estimate of drug-likeness (QED) is 0.516. The van der Waals surface area contributed by atoms with Crippen LogP contribution in [0.15, 0.2) is 48.8 Å². The minimum absolute atomic E-state index is 0.0473. The molecule has 1 aromatic heterocycles. The van der Waals surface area contributed by atoms with E-state index < -0.39 is 0 Å². The second kappa shape index (κ2) is 8.29. The largest absolute Gasteiger partial charge is 0.273 e. The van der Waals surface area contributed by atoms with Gasteiger partial charge in [0, 0.05) is 28.9 Å². The Hall–Kier alpha value is -2.37. The minimum atomic E-state index is -0.304. The fourth-order valence-electron chi connectivity index (χ4n) is 4.96. The monoisotopic (exact) mass is 457 g/mol. The Labute approximate surface area is 190 Å². The highest BCUT2D eigenvalue weighted by molar-refractivity contribution is 6.36. The second-order valence-electron chi connectivity index (χ2n) is 8.29. The van der Waals surface area contributed by atoms with Crippen LogP contribution in [0, 0.1) is 11.7 Å². The molecular weight excluding hydrogens is 436 g/mol. The predicted octanol–water partition coefficient (Wildman–Crippen LogP) is 5.52. The van der Waals surface area contributed by atoms with Crippen molar-refractivity contribution in [2.24, 2.45) is 5.92 Å². The van der Waals surface area contributed by atoms with E-state index in [1.807, 2.05) is 4.68 Å². The van der Waals surface area contributed by atoms with Crippen LogP contribution in [0.1, 0.15) is 47.7 Å². The number of aryl methyl sites for hydroxylation is 1. The summed E-state index contributed by atoms with van der Waals surface area (Å²) in [5, 5.41) is 2.89. The Morgan fingerprint density at radius 2 is 1.74 bits per heavy atom. The molecule has 1 amide bonds. The summed E-state index contributed by atoms with van der Waals surface area (Å²) in [6.07, 6.45) is 6.26. The average molecular weight is 458 g/mol. The van der Waals surface area contributed by atoms with Crippen LogP contribution in [-0.4, -0.2) is 22.1 Å². The molecule has 2 unspecified atom stereocenters. The molecule has 0 spiro atoms. The number of carbonyl (C=O) groups excluding carboxylic acids is 1. The number of rotatable bonds is 4. The van der Waals surface area contributed by atoms with Gasteiger partial charge in [0.2, 0.25) is 5.91 Å². The van der Waals surface area contributed by atoms with E-state index in [0.717, 1.165) is 48.2 Å². The Kier molecular flexibility index (Phi) is 5.49. The molecule has 0 saturated carbocycles. The highest BCUT2D eigenvalue weighted by Gasteiger charge is 2.39. The smallest absolute Gasteiger partial charge is 0.241 e. The molecule has 0 bridgehead atoms. The number of amides is 1. The lowest BCUT2D eigenvalue weighted by Gasteiger charge is -2.27. The fraction of sp³-hybridized carbons (Fsp3) is 0.333. The first kappa shape index (κ1) is 20.5. The highest BCUT2D eigenvalue weighted by Crippen LogP contribution is 2.43. The summed E-state index contributed by atoms with van der Waals surface area (Å²) in [5.74, 6) is -0.542. The van der Waals surface area contributed by atoms with E-state index in [1.54, 1.807) is 41.7 Å². The Morgan fingerprint density at radius 3 is 2.48 bits per heavy atom. The van der Waals surface area contributed by atoms with E-state index in [1.165, 1.54) is 12.1 Å². The number of fused-ring (bicyclic) bond motifs is 1. The molecule has 0 N–H and O–H groups in total. The third-order valence-corrected chi connectivity index (χ3v) is 7.07. The van der Waals surface area contributed by atoms with Crippen molar-refractivity contribution in [2.45, 2.75) is 38.0 Å². The number of nitrogens with zero attached hydrogens (tertiary/aromatic N) is 3. The molecule has 1 saturated heterocycles. The van der Waals surface area contributed by atoms with Crippen molar-refractivity contribution in [1.82, 2.24) is 9.66 Å². The number of hydrogen-bond donors (Lipinski definition) is 0. The van der Waals surface area contributed by atoms with E-state index in [-0.39, 0.29) is 23.6 Å². The molecule has 4 nitrogen and oxygen atoms in total. The van der Waals surface area contributed by atoms with Crippen molar-refractivity contribution >= 4 is 29.1 Å². The molecule has 0 radical (unpaired) electrons. The lowest BCUT2D eigenvalue weighted by atomic mass is 9.80. The fourth-order valence-corrected chi connectivity index (χ4v) is 5.60. The highest BCUT2D eigenvalue weighted by atomic mass is 35.5. The third kappa shape index (κ3) is 3.74. The first-order valence-electron chi connectivity index (χ1n) is 10.6. The Bertz CT molecular complexity index is 1110. The lowest BCUT2D eigenvalue weighted by molar-refractivity contribution is -0.118. The number of benzene rings is 2. The van der Waals surface area contributed by atoms with Gasteiger partial charge in [0.15, 0.2) is 0 Å². The summed E-state index contributed by atoms with van der Waals surface area (Å²) in [6.45, 7) is 0.519. The molecule has 1 aliphatic heterocycles. The van der Waals surface area contributed by atoms with Crippen molar-refractivity contribution in [1.29, 1.82) is 0 Å². The topological polar surface area (TPSA) is 38.1 Å². The standard InChI is InChI=1S/C24H22Cl2FN3O/c25-18-4-3-5-19(26)24(18)23(15-8-10-17(27)11-9-15)16-12-22(31)29(13-16)30-14-28-20-6-1-2-7-21(20)30/h3-5,8-11,14,16,23H,1-2,6-7,12-13H2.